The molecule has 1 aliphatic heterocycles. The van der Waals surface area contributed by atoms with Gasteiger partial charge in [-0.3, -0.25) is 5.32 Å². The van der Waals surface area contributed by atoms with Crippen LogP contribution in [0.25, 0.3) is 0 Å². The van der Waals surface area contributed by atoms with Gasteiger partial charge in [0, 0.05) is 11.6 Å². The molecule has 2 rings (SSSR count). The molecule has 1 aromatic rings. The minimum Gasteiger partial charge on any atom is -0.494 e. The summed E-state index contributed by atoms with van der Waals surface area (Å²) in [5.74, 6) is 2.24. The molecule has 0 spiro atoms. The van der Waals surface area contributed by atoms with Crippen LogP contribution < -0.4 is 10.1 Å². The number of rotatable bonds is 3. The Morgan fingerprint density at radius 1 is 1.44 bits per heavy atom. The first kappa shape index (κ1) is 11.8. The number of nitrogens with one attached hydrogen (secondary N) is 1. The zero-order valence-corrected chi connectivity index (χ0v) is 10.7. The van der Waals surface area contributed by atoms with Gasteiger partial charge < -0.3 is 4.74 Å². The number of thioether (sulfide) groups is 1. The van der Waals surface area contributed by atoms with E-state index in [0.29, 0.717) is 11.4 Å². The SMILES string of the molecule is CCOc1ccccc1C1NC(C)CCS1. The van der Waals surface area contributed by atoms with Crippen LogP contribution in [0.15, 0.2) is 24.3 Å². The Balaban J connectivity index is 2.17. The Hall–Kier alpha value is -0.670. The van der Waals surface area contributed by atoms with Crippen LogP contribution in [0.2, 0.25) is 0 Å². The summed E-state index contributed by atoms with van der Waals surface area (Å²) in [6.07, 6.45) is 1.25. The molecule has 0 saturated carbocycles. The first-order valence-electron chi connectivity index (χ1n) is 5.90. The average Bonchev–Trinajstić information content (AvgIpc) is 2.30. The number of hydrogen-bond acceptors (Lipinski definition) is 3. The van der Waals surface area contributed by atoms with Gasteiger partial charge in [0.05, 0.1) is 12.0 Å². The lowest BCUT2D eigenvalue weighted by atomic mass is 10.1. The zero-order chi connectivity index (χ0) is 11.4. The van der Waals surface area contributed by atoms with E-state index in [4.69, 9.17) is 4.74 Å². The first-order chi connectivity index (χ1) is 7.81. The van der Waals surface area contributed by atoms with Gasteiger partial charge in [0.15, 0.2) is 0 Å². The number of para-hydroxylation sites is 1. The van der Waals surface area contributed by atoms with Crippen LogP contribution in [-0.2, 0) is 0 Å². The van der Waals surface area contributed by atoms with Crippen LogP contribution in [0.1, 0.15) is 31.2 Å². The minimum atomic E-state index is 0.381. The summed E-state index contributed by atoms with van der Waals surface area (Å²) >= 11 is 1.97. The van der Waals surface area contributed by atoms with Gasteiger partial charge in [-0.2, -0.15) is 0 Å². The third-order valence-electron chi connectivity index (χ3n) is 2.77. The maximum absolute atomic E-state index is 5.67. The molecule has 0 bridgehead atoms. The highest BCUT2D eigenvalue weighted by Gasteiger charge is 2.22. The molecular formula is C13H19NOS. The molecule has 2 unspecified atom stereocenters. The van der Waals surface area contributed by atoms with E-state index in [1.807, 2.05) is 24.8 Å². The van der Waals surface area contributed by atoms with E-state index in [0.717, 1.165) is 12.4 Å². The summed E-state index contributed by atoms with van der Waals surface area (Å²) in [5, 5.41) is 4.00. The van der Waals surface area contributed by atoms with Crippen LogP contribution in [0.5, 0.6) is 5.75 Å². The van der Waals surface area contributed by atoms with E-state index in [1.165, 1.54) is 17.7 Å². The predicted molar refractivity (Wildman–Crippen MR) is 70.0 cm³/mol. The third-order valence-corrected chi connectivity index (χ3v) is 3.97. The van der Waals surface area contributed by atoms with Crippen LogP contribution in [0.3, 0.4) is 0 Å². The molecule has 16 heavy (non-hydrogen) atoms. The molecule has 1 heterocycles. The molecule has 1 N–H and O–H groups in total. The van der Waals surface area contributed by atoms with E-state index in [9.17, 15) is 0 Å². The molecule has 2 nitrogen and oxygen atoms in total. The van der Waals surface area contributed by atoms with Gasteiger partial charge in [-0.15, -0.1) is 11.8 Å². The van der Waals surface area contributed by atoms with Gasteiger partial charge in [-0.1, -0.05) is 18.2 Å². The normalized spacial score (nSPS) is 25.4. The first-order valence-corrected chi connectivity index (χ1v) is 6.95. The predicted octanol–water partition coefficient (Wildman–Crippen LogP) is 3.20. The number of ether oxygens (including phenoxy) is 1. The van der Waals surface area contributed by atoms with Crippen molar-refractivity contribution in [1.82, 2.24) is 5.32 Å². The fourth-order valence-electron chi connectivity index (χ4n) is 1.92. The maximum Gasteiger partial charge on any atom is 0.124 e. The average molecular weight is 237 g/mol. The molecule has 1 fully saturated rings. The van der Waals surface area contributed by atoms with Crippen molar-refractivity contribution in [3.63, 3.8) is 0 Å². The lowest BCUT2D eigenvalue weighted by Crippen LogP contribution is -2.33. The van der Waals surface area contributed by atoms with Gasteiger partial charge in [-0.05, 0) is 32.1 Å². The summed E-state index contributed by atoms with van der Waals surface area (Å²) in [6.45, 7) is 5.00. The molecule has 0 amide bonds. The van der Waals surface area contributed by atoms with Gasteiger partial charge >= 0.3 is 0 Å². The summed E-state index contributed by atoms with van der Waals surface area (Å²) in [4.78, 5) is 0. The van der Waals surface area contributed by atoms with Crippen LogP contribution in [-0.4, -0.2) is 18.4 Å². The smallest absolute Gasteiger partial charge is 0.124 e. The Morgan fingerprint density at radius 3 is 3.00 bits per heavy atom. The molecule has 1 saturated heterocycles. The van der Waals surface area contributed by atoms with Crippen molar-refractivity contribution in [2.24, 2.45) is 0 Å². The Morgan fingerprint density at radius 2 is 2.25 bits per heavy atom. The summed E-state index contributed by atoms with van der Waals surface area (Å²) < 4.78 is 5.67. The van der Waals surface area contributed by atoms with Gasteiger partial charge in [0.2, 0.25) is 0 Å². The molecule has 0 aromatic heterocycles. The van der Waals surface area contributed by atoms with Gasteiger partial charge in [-0.25, -0.2) is 0 Å². The Labute approximate surface area is 102 Å². The van der Waals surface area contributed by atoms with Crippen LogP contribution in [0, 0.1) is 0 Å². The highest BCUT2D eigenvalue weighted by Crippen LogP contribution is 2.36. The lowest BCUT2D eigenvalue weighted by Gasteiger charge is -2.29. The quantitative estimate of drug-likeness (QED) is 0.872. The molecule has 88 valence electrons. The zero-order valence-electron chi connectivity index (χ0n) is 9.90. The van der Waals surface area contributed by atoms with E-state index in [-0.39, 0.29) is 0 Å². The van der Waals surface area contributed by atoms with Gasteiger partial charge in [0.25, 0.3) is 0 Å². The monoisotopic (exact) mass is 237 g/mol. The van der Waals surface area contributed by atoms with E-state index < -0.39 is 0 Å². The summed E-state index contributed by atoms with van der Waals surface area (Å²) in [6, 6.07) is 8.93. The second-order valence-electron chi connectivity index (χ2n) is 4.08. The summed E-state index contributed by atoms with van der Waals surface area (Å²) in [5.41, 5.74) is 1.28. The molecule has 1 aromatic carbocycles. The fourth-order valence-corrected chi connectivity index (χ4v) is 3.34. The lowest BCUT2D eigenvalue weighted by molar-refractivity contribution is 0.334. The largest absolute Gasteiger partial charge is 0.494 e. The van der Waals surface area contributed by atoms with E-state index >= 15 is 0 Å². The number of benzene rings is 1. The number of hydrogen-bond donors (Lipinski definition) is 1. The van der Waals surface area contributed by atoms with Crippen molar-refractivity contribution in [1.29, 1.82) is 0 Å². The molecule has 0 radical (unpaired) electrons. The minimum absolute atomic E-state index is 0.381. The second-order valence-corrected chi connectivity index (χ2v) is 5.29. The third kappa shape index (κ3) is 2.71. The van der Waals surface area contributed by atoms with Crippen molar-refractivity contribution < 1.29 is 4.74 Å². The van der Waals surface area contributed by atoms with Crippen molar-refractivity contribution in [2.75, 3.05) is 12.4 Å². The molecule has 1 aliphatic rings. The second kappa shape index (κ2) is 5.60. The molecular weight excluding hydrogens is 218 g/mol. The fraction of sp³-hybridized carbons (Fsp3) is 0.538. The van der Waals surface area contributed by atoms with Gasteiger partial charge in [0.1, 0.15) is 5.75 Å². The Bertz CT molecular complexity index is 342. The van der Waals surface area contributed by atoms with Crippen molar-refractivity contribution in [2.45, 2.75) is 31.7 Å². The highest BCUT2D eigenvalue weighted by atomic mass is 32.2. The molecule has 2 atom stereocenters. The van der Waals surface area contributed by atoms with Crippen LogP contribution in [0.4, 0.5) is 0 Å². The van der Waals surface area contributed by atoms with Crippen molar-refractivity contribution in [3.8, 4) is 5.75 Å². The highest BCUT2D eigenvalue weighted by molar-refractivity contribution is 7.99. The van der Waals surface area contributed by atoms with Crippen molar-refractivity contribution in [3.05, 3.63) is 29.8 Å². The van der Waals surface area contributed by atoms with Crippen molar-refractivity contribution >= 4 is 11.8 Å². The summed E-state index contributed by atoms with van der Waals surface area (Å²) in [7, 11) is 0. The molecule has 0 aliphatic carbocycles. The molecule has 3 heteroatoms. The Kier molecular flexibility index (Phi) is 4.13. The standard InChI is InChI=1S/C13H19NOS/c1-3-15-12-7-5-4-6-11(12)13-14-10(2)8-9-16-13/h4-7,10,13-14H,3,8-9H2,1-2H3. The van der Waals surface area contributed by atoms with E-state index in [2.05, 4.69) is 30.4 Å². The topological polar surface area (TPSA) is 21.3 Å². The van der Waals surface area contributed by atoms with Crippen LogP contribution >= 0.6 is 11.8 Å². The van der Waals surface area contributed by atoms with E-state index in [1.54, 1.807) is 0 Å². The maximum atomic E-state index is 5.67.